The van der Waals surface area contributed by atoms with E-state index in [2.05, 4.69) is 11.9 Å². The Morgan fingerprint density at radius 2 is 1.97 bits per heavy atom. The van der Waals surface area contributed by atoms with Gasteiger partial charge < -0.3 is 25.4 Å². The number of carbonyl (C=O) groups excluding carboxylic acids is 2. The van der Waals surface area contributed by atoms with Crippen LogP contribution in [-0.4, -0.2) is 57.0 Å². The van der Waals surface area contributed by atoms with Crippen molar-refractivity contribution < 1.29 is 29.3 Å². The summed E-state index contributed by atoms with van der Waals surface area (Å²) in [5, 5.41) is 24.5. The largest absolute Gasteiger partial charge is 0.458 e. The van der Waals surface area contributed by atoms with Gasteiger partial charge in [0.25, 0.3) is 0 Å². The van der Waals surface area contributed by atoms with Gasteiger partial charge in [-0.3, -0.25) is 9.59 Å². The maximum absolute atomic E-state index is 13.2. The Balaban J connectivity index is 1.85. The third kappa shape index (κ3) is 6.61. The number of nitrogens with zero attached hydrogens (tertiary/aromatic N) is 1. The standard InChI is InChI=1S/C27H42N2O6S/c1-15-8-7-9-27(6)21(35-27)11-19(16(2)10-18-14-36-22(13-28)29-18)34-23(31)12-20(30)26(4,5)25(33)17(3)24(15)32/h10,14-15,17,19-21,24,30,32H,7-9,11-13,28H2,1-6H3/t15-,17-,19-,20-,21-,24-,27-/m0/s1. The van der Waals surface area contributed by atoms with Gasteiger partial charge in [-0.2, -0.15) is 0 Å². The Morgan fingerprint density at radius 3 is 2.61 bits per heavy atom. The lowest BCUT2D eigenvalue weighted by molar-refractivity contribution is -0.154. The van der Waals surface area contributed by atoms with Crippen LogP contribution in [0.15, 0.2) is 11.0 Å². The first kappa shape index (κ1) is 28.9. The van der Waals surface area contributed by atoms with Crippen molar-refractivity contribution in [3.8, 4) is 0 Å². The highest BCUT2D eigenvalue weighted by Crippen LogP contribution is 2.45. The summed E-state index contributed by atoms with van der Waals surface area (Å²) in [6, 6.07) is 0. The van der Waals surface area contributed by atoms with E-state index in [0.717, 1.165) is 35.5 Å². The van der Waals surface area contributed by atoms with Crippen LogP contribution in [-0.2, 0) is 25.6 Å². The summed E-state index contributed by atoms with van der Waals surface area (Å²) in [5.41, 5.74) is 5.74. The Hall–Kier alpha value is -1.65. The second kappa shape index (κ2) is 11.4. The molecule has 1 aromatic heterocycles. The van der Waals surface area contributed by atoms with Crippen molar-refractivity contribution in [2.75, 3.05) is 0 Å². The average Bonchev–Trinajstić information content (AvgIpc) is 3.23. The number of rotatable bonds is 3. The molecule has 36 heavy (non-hydrogen) atoms. The second-order valence-electron chi connectivity index (χ2n) is 11.3. The third-order valence-corrected chi connectivity index (χ3v) is 8.92. The predicted molar refractivity (Wildman–Crippen MR) is 139 cm³/mol. The van der Waals surface area contributed by atoms with Gasteiger partial charge >= 0.3 is 5.97 Å². The molecule has 3 heterocycles. The summed E-state index contributed by atoms with van der Waals surface area (Å²) in [4.78, 5) is 30.7. The van der Waals surface area contributed by atoms with E-state index in [0.29, 0.717) is 13.0 Å². The van der Waals surface area contributed by atoms with Crippen molar-refractivity contribution in [2.24, 2.45) is 23.0 Å². The number of ketones is 1. The van der Waals surface area contributed by atoms with Crippen molar-refractivity contribution in [3.05, 3.63) is 21.7 Å². The summed E-state index contributed by atoms with van der Waals surface area (Å²) >= 11 is 1.48. The van der Waals surface area contributed by atoms with E-state index < -0.39 is 35.6 Å². The number of hydrogen-bond acceptors (Lipinski definition) is 9. The number of epoxide rings is 1. The van der Waals surface area contributed by atoms with Gasteiger partial charge in [-0.05, 0) is 44.3 Å². The van der Waals surface area contributed by atoms with Gasteiger partial charge in [0.15, 0.2) is 0 Å². The molecule has 0 aromatic carbocycles. The molecular weight excluding hydrogens is 480 g/mol. The van der Waals surface area contributed by atoms with Crippen LogP contribution in [0.3, 0.4) is 0 Å². The minimum Gasteiger partial charge on any atom is -0.458 e. The average molecular weight is 523 g/mol. The molecule has 4 N–H and O–H groups in total. The van der Waals surface area contributed by atoms with Gasteiger partial charge in [-0.1, -0.05) is 34.1 Å². The van der Waals surface area contributed by atoms with Crippen molar-refractivity contribution >= 4 is 29.2 Å². The lowest BCUT2D eigenvalue weighted by atomic mass is 9.73. The van der Waals surface area contributed by atoms with E-state index >= 15 is 0 Å². The highest BCUT2D eigenvalue weighted by Gasteiger charge is 2.53. The molecule has 0 saturated carbocycles. The fraction of sp³-hybridized carbons (Fsp3) is 0.741. The number of cyclic esters (lactones) is 1. The first-order valence-corrected chi connectivity index (χ1v) is 13.8. The fourth-order valence-electron chi connectivity index (χ4n) is 5.11. The van der Waals surface area contributed by atoms with E-state index in [4.69, 9.17) is 15.2 Å². The van der Waals surface area contributed by atoms with Gasteiger partial charge in [0.1, 0.15) is 16.9 Å². The Labute approximate surface area is 218 Å². The number of hydrogen-bond donors (Lipinski definition) is 3. The summed E-state index contributed by atoms with van der Waals surface area (Å²) in [6.07, 6.45) is 1.80. The Kier molecular flexibility index (Phi) is 9.15. The van der Waals surface area contributed by atoms with Gasteiger partial charge in [0.05, 0.1) is 41.4 Å². The van der Waals surface area contributed by atoms with Gasteiger partial charge in [0, 0.05) is 24.3 Å². The number of Topliss-reactive ketones (excluding diaryl/α,β-unsaturated/α-hetero) is 1. The van der Waals surface area contributed by atoms with Crippen LogP contribution < -0.4 is 5.73 Å². The molecule has 202 valence electrons. The molecule has 2 aliphatic rings. The summed E-state index contributed by atoms with van der Waals surface area (Å²) < 4.78 is 11.9. The minimum absolute atomic E-state index is 0.0660. The number of aliphatic hydroxyl groups excluding tert-OH is 2. The Bertz CT molecular complexity index is 975. The van der Waals surface area contributed by atoms with Crippen molar-refractivity contribution in [1.29, 1.82) is 0 Å². The van der Waals surface area contributed by atoms with Crippen LogP contribution in [0, 0.1) is 17.3 Å². The molecule has 0 unspecified atom stereocenters. The zero-order valence-electron chi connectivity index (χ0n) is 22.3. The van der Waals surface area contributed by atoms with Crippen LogP contribution >= 0.6 is 11.3 Å². The number of carbonyl (C=O) groups is 2. The molecule has 1 aromatic rings. The highest BCUT2D eigenvalue weighted by molar-refractivity contribution is 7.09. The van der Waals surface area contributed by atoms with Gasteiger partial charge in [0.2, 0.25) is 0 Å². The number of aliphatic hydroxyl groups is 2. The van der Waals surface area contributed by atoms with Crippen molar-refractivity contribution in [2.45, 2.75) is 110 Å². The highest BCUT2D eigenvalue weighted by atomic mass is 32.1. The third-order valence-electron chi connectivity index (χ3n) is 8.03. The maximum Gasteiger partial charge on any atom is 0.309 e. The van der Waals surface area contributed by atoms with Crippen LogP contribution in [0.2, 0.25) is 0 Å². The molecule has 2 saturated heterocycles. The van der Waals surface area contributed by atoms with Crippen LogP contribution in [0.25, 0.3) is 6.08 Å². The zero-order valence-corrected chi connectivity index (χ0v) is 23.1. The zero-order chi connectivity index (χ0) is 26.8. The second-order valence-corrected chi connectivity index (χ2v) is 12.3. The minimum atomic E-state index is -1.24. The predicted octanol–water partition coefficient (Wildman–Crippen LogP) is 3.63. The smallest absolute Gasteiger partial charge is 0.309 e. The molecule has 3 rings (SSSR count). The van der Waals surface area contributed by atoms with Crippen LogP contribution in [0.4, 0.5) is 0 Å². The maximum atomic E-state index is 13.2. The number of esters is 1. The van der Waals surface area contributed by atoms with Gasteiger partial charge in [-0.25, -0.2) is 4.98 Å². The first-order valence-electron chi connectivity index (χ1n) is 12.9. The number of fused-ring (bicyclic) bond motifs is 1. The lowest BCUT2D eigenvalue weighted by Crippen LogP contribution is -2.45. The van der Waals surface area contributed by atoms with Crippen LogP contribution in [0.1, 0.15) is 84.3 Å². The molecule has 0 spiro atoms. The molecule has 0 aliphatic carbocycles. The molecule has 2 fully saturated rings. The number of ether oxygens (including phenoxy) is 2. The summed E-state index contributed by atoms with van der Waals surface area (Å²) in [7, 11) is 0. The molecule has 9 heteroatoms. The molecular formula is C27H42N2O6S. The van der Waals surface area contributed by atoms with E-state index in [1.807, 2.05) is 25.3 Å². The quantitative estimate of drug-likeness (QED) is 0.405. The van der Waals surface area contributed by atoms with E-state index in [1.165, 1.54) is 11.3 Å². The van der Waals surface area contributed by atoms with E-state index in [9.17, 15) is 19.8 Å². The molecule has 2 aliphatic heterocycles. The summed E-state index contributed by atoms with van der Waals surface area (Å²) in [5.74, 6) is -1.59. The SMILES string of the molecule is CC(=Cc1csc(CN)n1)[C@@H]1C[C@@H]2O[C@@]2(C)CCC[C@H](C)[C@H](O)[C@H](C)C(=O)C(C)(C)[C@@H](O)CC(=O)O1. The first-order chi connectivity index (χ1) is 16.8. The summed E-state index contributed by atoms with van der Waals surface area (Å²) in [6.45, 7) is 11.2. The molecule has 7 atom stereocenters. The fourth-order valence-corrected chi connectivity index (χ4v) is 5.74. The molecule has 0 radical (unpaired) electrons. The molecule has 8 nitrogen and oxygen atoms in total. The van der Waals surface area contributed by atoms with Gasteiger partial charge in [-0.15, -0.1) is 11.3 Å². The lowest BCUT2D eigenvalue weighted by Gasteiger charge is -2.34. The molecule has 0 bridgehead atoms. The van der Waals surface area contributed by atoms with E-state index in [-0.39, 0.29) is 29.8 Å². The number of aromatic nitrogens is 1. The normalized spacial score (nSPS) is 36.8. The number of thiazole rings is 1. The number of nitrogens with two attached hydrogens (primary N) is 1. The topological polar surface area (TPSA) is 135 Å². The van der Waals surface area contributed by atoms with E-state index in [1.54, 1.807) is 20.8 Å². The molecule has 0 amide bonds. The van der Waals surface area contributed by atoms with Crippen molar-refractivity contribution in [1.82, 2.24) is 4.98 Å². The monoisotopic (exact) mass is 522 g/mol. The van der Waals surface area contributed by atoms with Crippen LogP contribution in [0.5, 0.6) is 0 Å². The Morgan fingerprint density at radius 1 is 1.28 bits per heavy atom. The van der Waals surface area contributed by atoms with Crippen molar-refractivity contribution in [3.63, 3.8) is 0 Å².